The van der Waals surface area contributed by atoms with Gasteiger partial charge in [-0.25, -0.2) is 4.68 Å². The van der Waals surface area contributed by atoms with Gasteiger partial charge in [-0.05, 0) is 24.5 Å². The second kappa shape index (κ2) is 5.05. The molecule has 0 saturated carbocycles. The standard InChI is InChI=1S/C12H16N4O/c1-3-12(17)11-8-16(15-14-11)7-10-4-9(2)5-13-6-10/h4-6,8,12,17H,3,7H2,1-2H3. The number of hydrogen-bond donors (Lipinski definition) is 1. The molecule has 5 nitrogen and oxygen atoms in total. The first-order chi connectivity index (χ1) is 8.19. The molecule has 0 aromatic carbocycles. The van der Waals surface area contributed by atoms with Crippen LogP contribution < -0.4 is 0 Å². The molecule has 1 unspecified atom stereocenters. The second-order valence-corrected chi connectivity index (χ2v) is 4.14. The quantitative estimate of drug-likeness (QED) is 0.867. The second-order valence-electron chi connectivity index (χ2n) is 4.14. The molecule has 1 N–H and O–H groups in total. The normalized spacial score (nSPS) is 12.6. The topological polar surface area (TPSA) is 63.8 Å². The van der Waals surface area contributed by atoms with E-state index in [9.17, 15) is 5.11 Å². The highest BCUT2D eigenvalue weighted by molar-refractivity contribution is 5.16. The highest BCUT2D eigenvalue weighted by Gasteiger charge is 2.09. The molecule has 1 atom stereocenters. The molecule has 90 valence electrons. The lowest BCUT2D eigenvalue weighted by Crippen LogP contribution is -2.01. The lowest BCUT2D eigenvalue weighted by molar-refractivity contribution is 0.168. The van der Waals surface area contributed by atoms with Crippen LogP contribution in [0.15, 0.2) is 24.7 Å². The molecule has 17 heavy (non-hydrogen) atoms. The molecule has 2 aromatic heterocycles. The Morgan fingerprint density at radius 3 is 2.94 bits per heavy atom. The third-order valence-corrected chi connectivity index (χ3v) is 2.56. The van der Waals surface area contributed by atoms with Crippen LogP contribution in [0.3, 0.4) is 0 Å². The zero-order valence-electron chi connectivity index (χ0n) is 10.0. The van der Waals surface area contributed by atoms with Gasteiger partial charge < -0.3 is 5.11 Å². The first kappa shape index (κ1) is 11.7. The van der Waals surface area contributed by atoms with Gasteiger partial charge >= 0.3 is 0 Å². The average Bonchev–Trinajstić information content (AvgIpc) is 2.76. The van der Waals surface area contributed by atoms with Gasteiger partial charge in [-0.2, -0.15) is 0 Å². The summed E-state index contributed by atoms with van der Waals surface area (Å²) in [5.74, 6) is 0. The molecule has 0 spiro atoms. The number of aliphatic hydroxyl groups excluding tert-OH is 1. The van der Waals surface area contributed by atoms with Crippen LogP contribution in [-0.2, 0) is 6.54 Å². The van der Waals surface area contributed by atoms with E-state index in [2.05, 4.69) is 21.4 Å². The largest absolute Gasteiger partial charge is 0.387 e. The molecule has 0 aliphatic rings. The van der Waals surface area contributed by atoms with Crippen molar-refractivity contribution in [3.8, 4) is 0 Å². The Hall–Kier alpha value is -1.75. The molecule has 0 radical (unpaired) electrons. The minimum Gasteiger partial charge on any atom is -0.387 e. The Bertz CT molecular complexity index is 495. The van der Waals surface area contributed by atoms with Gasteiger partial charge in [0.1, 0.15) is 5.69 Å². The molecule has 0 saturated heterocycles. The molecule has 5 heteroatoms. The Morgan fingerprint density at radius 2 is 2.24 bits per heavy atom. The van der Waals surface area contributed by atoms with Gasteiger partial charge in [-0.1, -0.05) is 18.2 Å². The summed E-state index contributed by atoms with van der Waals surface area (Å²) in [7, 11) is 0. The van der Waals surface area contributed by atoms with Crippen molar-refractivity contribution in [2.75, 3.05) is 0 Å². The summed E-state index contributed by atoms with van der Waals surface area (Å²) in [6.45, 7) is 4.54. The first-order valence-electron chi connectivity index (χ1n) is 5.67. The third-order valence-electron chi connectivity index (χ3n) is 2.56. The van der Waals surface area contributed by atoms with E-state index in [4.69, 9.17) is 0 Å². The number of aryl methyl sites for hydroxylation is 1. The van der Waals surface area contributed by atoms with Crippen LogP contribution in [-0.4, -0.2) is 25.1 Å². The fourth-order valence-electron chi connectivity index (χ4n) is 1.64. The van der Waals surface area contributed by atoms with Crippen molar-refractivity contribution < 1.29 is 5.11 Å². The highest BCUT2D eigenvalue weighted by Crippen LogP contribution is 2.12. The summed E-state index contributed by atoms with van der Waals surface area (Å²) in [6, 6.07) is 2.06. The van der Waals surface area contributed by atoms with E-state index >= 15 is 0 Å². The van der Waals surface area contributed by atoms with Crippen molar-refractivity contribution in [2.24, 2.45) is 0 Å². The Morgan fingerprint density at radius 1 is 1.41 bits per heavy atom. The summed E-state index contributed by atoms with van der Waals surface area (Å²) in [6.07, 6.45) is 5.52. The molecule has 0 aliphatic carbocycles. The van der Waals surface area contributed by atoms with Crippen LogP contribution in [0, 0.1) is 6.92 Å². The number of pyridine rings is 1. The maximum atomic E-state index is 9.62. The SMILES string of the molecule is CCC(O)c1cn(Cc2cncc(C)c2)nn1. The molecule has 2 aromatic rings. The summed E-state index contributed by atoms with van der Waals surface area (Å²) in [4.78, 5) is 4.13. The van der Waals surface area contributed by atoms with E-state index in [0.29, 0.717) is 18.7 Å². The molecular formula is C12H16N4O. The van der Waals surface area contributed by atoms with Crippen molar-refractivity contribution in [1.29, 1.82) is 0 Å². The van der Waals surface area contributed by atoms with Gasteiger partial charge in [0.2, 0.25) is 0 Å². The van der Waals surface area contributed by atoms with Gasteiger partial charge in [0.25, 0.3) is 0 Å². The zero-order valence-corrected chi connectivity index (χ0v) is 10.0. The van der Waals surface area contributed by atoms with Gasteiger partial charge in [0.05, 0.1) is 18.8 Å². The Balaban J connectivity index is 2.11. The molecule has 2 heterocycles. The Kier molecular flexibility index (Phi) is 3.49. The van der Waals surface area contributed by atoms with Crippen LogP contribution in [0.25, 0.3) is 0 Å². The summed E-state index contributed by atoms with van der Waals surface area (Å²) >= 11 is 0. The number of hydrogen-bond acceptors (Lipinski definition) is 4. The van der Waals surface area contributed by atoms with Gasteiger partial charge in [0, 0.05) is 12.4 Å². The van der Waals surface area contributed by atoms with E-state index in [0.717, 1.165) is 11.1 Å². The number of rotatable bonds is 4. The van der Waals surface area contributed by atoms with E-state index in [1.165, 1.54) is 0 Å². The van der Waals surface area contributed by atoms with Gasteiger partial charge in [-0.15, -0.1) is 5.10 Å². The lowest BCUT2D eigenvalue weighted by Gasteiger charge is -2.02. The maximum Gasteiger partial charge on any atom is 0.111 e. The lowest BCUT2D eigenvalue weighted by atomic mass is 10.2. The van der Waals surface area contributed by atoms with Crippen molar-refractivity contribution >= 4 is 0 Å². The van der Waals surface area contributed by atoms with Crippen LogP contribution in [0.5, 0.6) is 0 Å². The van der Waals surface area contributed by atoms with Crippen molar-refractivity contribution in [2.45, 2.75) is 32.9 Å². The van der Waals surface area contributed by atoms with Crippen LogP contribution in [0.2, 0.25) is 0 Å². The molecule has 2 rings (SSSR count). The molecule has 0 amide bonds. The number of aliphatic hydroxyl groups is 1. The summed E-state index contributed by atoms with van der Waals surface area (Å²) in [5.41, 5.74) is 2.82. The predicted molar refractivity (Wildman–Crippen MR) is 63.3 cm³/mol. The fourth-order valence-corrected chi connectivity index (χ4v) is 1.64. The van der Waals surface area contributed by atoms with Crippen molar-refractivity contribution in [3.63, 3.8) is 0 Å². The average molecular weight is 232 g/mol. The first-order valence-corrected chi connectivity index (χ1v) is 5.67. The van der Waals surface area contributed by atoms with Gasteiger partial charge in [0.15, 0.2) is 0 Å². The van der Waals surface area contributed by atoms with E-state index in [1.54, 1.807) is 10.9 Å². The maximum absolute atomic E-state index is 9.62. The van der Waals surface area contributed by atoms with Gasteiger partial charge in [-0.3, -0.25) is 4.98 Å². The van der Waals surface area contributed by atoms with E-state index in [-0.39, 0.29) is 0 Å². The number of nitrogens with zero attached hydrogens (tertiary/aromatic N) is 4. The van der Waals surface area contributed by atoms with Crippen LogP contribution in [0.1, 0.15) is 36.3 Å². The van der Waals surface area contributed by atoms with Crippen molar-refractivity contribution in [3.05, 3.63) is 41.5 Å². The van der Waals surface area contributed by atoms with E-state index < -0.39 is 6.10 Å². The minimum atomic E-state index is -0.528. The highest BCUT2D eigenvalue weighted by atomic mass is 16.3. The predicted octanol–water partition coefficient (Wildman–Crippen LogP) is 1.47. The summed E-state index contributed by atoms with van der Waals surface area (Å²) in [5, 5.41) is 17.6. The Labute approximate surface area is 100 Å². The van der Waals surface area contributed by atoms with Crippen LogP contribution in [0.4, 0.5) is 0 Å². The molecule has 0 aliphatic heterocycles. The smallest absolute Gasteiger partial charge is 0.111 e. The molecule has 0 fully saturated rings. The summed E-state index contributed by atoms with van der Waals surface area (Å²) < 4.78 is 1.71. The van der Waals surface area contributed by atoms with Crippen molar-refractivity contribution in [1.82, 2.24) is 20.0 Å². The molecular weight excluding hydrogens is 216 g/mol. The van der Waals surface area contributed by atoms with E-state index in [1.807, 2.05) is 26.2 Å². The monoisotopic (exact) mass is 232 g/mol. The zero-order chi connectivity index (χ0) is 12.3. The third kappa shape index (κ3) is 2.88. The van der Waals surface area contributed by atoms with Crippen LogP contribution >= 0.6 is 0 Å². The number of aromatic nitrogens is 4. The minimum absolute atomic E-state index is 0.528. The molecule has 0 bridgehead atoms. The fraction of sp³-hybridized carbons (Fsp3) is 0.417.